The van der Waals surface area contributed by atoms with Gasteiger partial charge in [0.2, 0.25) is 0 Å². The zero-order valence-corrected chi connectivity index (χ0v) is 17.5. The number of hydrogen-bond donors (Lipinski definition) is 1. The number of hydrogen-bond acceptors (Lipinski definition) is 5. The van der Waals surface area contributed by atoms with Gasteiger partial charge in [-0.3, -0.25) is 0 Å². The van der Waals surface area contributed by atoms with Crippen LogP contribution in [0.2, 0.25) is 0 Å². The minimum atomic E-state index is 0.0820. The molecule has 0 saturated heterocycles. The van der Waals surface area contributed by atoms with E-state index in [1.807, 2.05) is 12.1 Å². The molecule has 5 nitrogen and oxygen atoms in total. The number of likely N-dealkylation sites (N-methyl/N-ethyl adjacent to an activating group) is 1. The number of nitrogens with zero attached hydrogens (tertiary/aromatic N) is 1. The summed E-state index contributed by atoms with van der Waals surface area (Å²) >= 11 is 0. The van der Waals surface area contributed by atoms with E-state index in [0.29, 0.717) is 6.61 Å². The molecule has 5 heteroatoms. The molecule has 0 spiro atoms. The maximum atomic E-state index is 6.02. The van der Waals surface area contributed by atoms with Crippen LogP contribution >= 0.6 is 0 Å². The Hall–Kier alpha value is -2.24. The fourth-order valence-electron chi connectivity index (χ4n) is 3.81. The quantitative estimate of drug-likeness (QED) is 0.715. The van der Waals surface area contributed by atoms with Crippen LogP contribution in [0, 0.1) is 0 Å². The molecule has 1 N–H and O–H groups in total. The third-order valence-corrected chi connectivity index (χ3v) is 5.49. The number of rotatable bonds is 9. The highest BCUT2D eigenvalue weighted by Gasteiger charge is 2.25. The van der Waals surface area contributed by atoms with Gasteiger partial charge in [-0.15, -0.1) is 0 Å². The molecule has 1 aliphatic rings. The molecule has 1 unspecified atom stereocenters. The molecule has 1 heterocycles. The Balaban J connectivity index is 1.80. The predicted molar refractivity (Wildman–Crippen MR) is 113 cm³/mol. The first-order valence-corrected chi connectivity index (χ1v) is 10.1. The Bertz CT molecular complexity index is 774. The van der Waals surface area contributed by atoms with Gasteiger partial charge >= 0.3 is 0 Å². The summed E-state index contributed by atoms with van der Waals surface area (Å²) < 4.78 is 17.1. The highest BCUT2D eigenvalue weighted by Crippen LogP contribution is 2.37. The molecule has 0 amide bonds. The average molecular weight is 385 g/mol. The molecule has 0 radical (unpaired) electrons. The molecule has 28 heavy (non-hydrogen) atoms. The Labute approximate surface area is 168 Å². The summed E-state index contributed by atoms with van der Waals surface area (Å²) in [5.41, 5.74) is 3.70. The van der Waals surface area contributed by atoms with Crippen molar-refractivity contribution in [3.8, 4) is 17.2 Å². The summed E-state index contributed by atoms with van der Waals surface area (Å²) in [6.07, 6.45) is 0.991. The highest BCUT2D eigenvalue weighted by atomic mass is 16.5. The SMILES string of the molecule is CCN(CC)CCOc1ccc2c(c1)CCNC2c1cc(OC)ccc1OC. The van der Waals surface area contributed by atoms with Crippen LogP contribution in [-0.2, 0) is 6.42 Å². The van der Waals surface area contributed by atoms with Gasteiger partial charge in [-0.05, 0) is 61.0 Å². The average Bonchev–Trinajstić information content (AvgIpc) is 2.75. The van der Waals surface area contributed by atoms with Crippen molar-refractivity contribution in [2.75, 3.05) is 47.0 Å². The minimum Gasteiger partial charge on any atom is -0.497 e. The van der Waals surface area contributed by atoms with Crippen molar-refractivity contribution in [1.82, 2.24) is 10.2 Å². The second-order valence-corrected chi connectivity index (χ2v) is 6.98. The van der Waals surface area contributed by atoms with Crippen molar-refractivity contribution in [2.24, 2.45) is 0 Å². The molecule has 0 saturated carbocycles. The Morgan fingerprint density at radius 2 is 1.75 bits per heavy atom. The molecule has 0 aromatic heterocycles. The van der Waals surface area contributed by atoms with Crippen molar-refractivity contribution in [3.05, 3.63) is 53.1 Å². The number of nitrogens with one attached hydrogen (secondary N) is 1. The van der Waals surface area contributed by atoms with Gasteiger partial charge in [-0.1, -0.05) is 19.9 Å². The van der Waals surface area contributed by atoms with E-state index in [4.69, 9.17) is 14.2 Å². The topological polar surface area (TPSA) is 43.0 Å². The second-order valence-electron chi connectivity index (χ2n) is 6.98. The fourth-order valence-corrected chi connectivity index (χ4v) is 3.81. The molecule has 2 aromatic rings. The van der Waals surface area contributed by atoms with E-state index < -0.39 is 0 Å². The summed E-state index contributed by atoms with van der Waals surface area (Å²) in [6.45, 7) is 9.06. The molecule has 3 rings (SSSR count). The van der Waals surface area contributed by atoms with Gasteiger partial charge in [0.15, 0.2) is 0 Å². The van der Waals surface area contributed by atoms with Crippen LogP contribution < -0.4 is 19.5 Å². The monoisotopic (exact) mass is 384 g/mol. The van der Waals surface area contributed by atoms with Crippen LogP contribution in [0.3, 0.4) is 0 Å². The first-order valence-electron chi connectivity index (χ1n) is 10.1. The molecule has 0 fully saturated rings. The summed E-state index contributed by atoms with van der Waals surface area (Å²) in [6, 6.07) is 12.5. The molecular weight excluding hydrogens is 352 g/mol. The summed E-state index contributed by atoms with van der Waals surface area (Å²) in [7, 11) is 3.40. The molecule has 0 aliphatic carbocycles. The van der Waals surface area contributed by atoms with Crippen LogP contribution in [0.15, 0.2) is 36.4 Å². The normalized spacial score (nSPS) is 16.0. The number of benzene rings is 2. The molecule has 152 valence electrons. The predicted octanol–water partition coefficient (Wildman–Crippen LogP) is 3.66. The lowest BCUT2D eigenvalue weighted by Crippen LogP contribution is -2.31. The van der Waals surface area contributed by atoms with Crippen molar-refractivity contribution in [2.45, 2.75) is 26.3 Å². The van der Waals surface area contributed by atoms with E-state index in [-0.39, 0.29) is 6.04 Å². The lowest BCUT2D eigenvalue weighted by atomic mass is 9.89. The van der Waals surface area contributed by atoms with Gasteiger partial charge < -0.3 is 24.4 Å². The number of ether oxygens (including phenoxy) is 3. The van der Waals surface area contributed by atoms with Crippen LogP contribution in [0.25, 0.3) is 0 Å². The van der Waals surface area contributed by atoms with E-state index in [0.717, 1.165) is 55.4 Å². The van der Waals surface area contributed by atoms with Crippen molar-refractivity contribution < 1.29 is 14.2 Å². The third-order valence-electron chi connectivity index (χ3n) is 5.49. The molecular formula is C23H32N2O3. The summed E-state index contributed by atoms with van der Waals surface area (Å²) in [4.78, 5) is 2.37. The number of fused-ring (bicyclic) bond motifs is 1. The lowest BCUT2D eigenvalue weighted by molar-refractivity contribution is 0.222. The van der Waals surface area contributed by atoms with Gasteiger partial charge in [0.25, 0.3) is 0 Å². The first-order chi connectivity index (χ1) is 13.7. The summed E-state index contributed by atoms with van der Waals surface area (Å²) in [5, 5.41) is 3.63. The fraction of sp³-hybridized carbons (Fsp3) is 0.478. The van der Waals surface area contributed by atoms with Gasteiger partial charge in [0, 0.05) is 18.7 Å². The Kier molecular flexibility index (Phi) is 7.18. The van der Waals surface area contributed by atoms with Crippen LogP contribution in [0.1, 0.15) is 36.6 Å². The zero-order chi connectivity index (χ0) is 19.9. The lowest BCUT2D eigenvalue weighted by Gasteiger charge is -2.29. The van der Waals surface area contributed by atoms with E-state index >= 15 is 0 Å². The van der Waals surface area contributed by atoms with Gasteiger partial charge in [0.1, 0.15) is 23.9 Å². The Morgan fingerprint density at radius 1 is 0.964 bits per heavy atom. The van der Waals surface area contributed by atoms with Crippen LogP contribution in [0.4, 0.5) is 0 Å². The zero-order valence-electron chi connectivity index (χ0n) is 17.5. The van der Waals surface area contributed by atoms with Crippen molar-refractivity contribution in [3.63, 3.8) is 0 Å². The first kappa shape index (κ1) is 20.5. The van der Waals surface area contributed by atoms with Gasteiger partial charge in [-0.25, -0.2) is 0 Å². The minimum absolute atomic E-state index is 0.0820. The molecule has 1 aliphatic heterocycles. The molecule has 2 aromatic carbocycles. The van der Waals surface area contributed by atoms with E-state index in [1.54, 1.807) is 14.2 Å². The van der Waals surface area contributed by atoms with Crippen molar-refractivity contribution >= 4 is 0 Å². The van der Waals surface area contributed by atoms with Crippen LogP contribution in [-0.4, -0.2) is 51.9 Å². The molecule has 1 atom stereocenters. The molecule has 0 bridgehead atoms. The maximum absolute atomic E-state index is 6.02. The van der Waals surface area contributed by atoms with Crippen LogP contribution in [0.5, 0.6) is 17.2 Å². The van der Waals surface area contributed by atoms with Crippen molar-refractivity contribution in [1.29, 1.82) is 0 Å². The largest absolute Gasteiger partial charge is 0.497 e. The Morgan fingerprint density at radius 3 is 2.46 bits per heavy atom. The second kappa shape index (κ2) is 9.80. The van der Waals surface area contributed by atoms with E-state index in [9.17, 15) is 0 Å². The highest BCUT2D eigenvalue weighted by molar-refractivity contribution is 5.50. The smallest absolute Gasteiger partial charge is 0.124 e. The van der Waals surface area contributed by atoms with E-state index in [1.165, 1.54) is 11.1 Å². The number of methoxy groups -OCH3 is 2. The standard InChI is InChI=1S/C23H32N2O3/c1-5-25(6-2)13-14-28-19-7-9-20-17(15-19)11-12-24-23(20)21-16-18(26-3)8-10-22(21)27-4/h7-10,15-16,23-24H,5-6,11-14H2,1-4H3. The van der Waals surface area contributed by atoms with E-state index in [2.05, 4.69) is 48.3 Å². The van der Waals surface area contributed by atoms with Gasteiger partial charge in [0.05, 0.1) is 20.3 Å². The third kappa shape index (κ3) is 4.59. The maximum Gasteiger partial charge on any atom is 0.124 e. The summed E-state index contributed by atoms with van der Waals surface area (Å²) in [5.74, 6) is 2.65. The van der Waals surface area contributed by atoms with Gasteiger partial charge in [-0.2, -0.15) is 0 Å².